The molecular formula is C13H19NO3. The van der Waals surface area contributed by atoms with Crippen LogP contribution in [0.15, 0.2) is 16.7 Å². The number of aromatic carboxylic acids is 1. The summed E-state index contributed by atoms with van der Waals surface area (Å²) in [5.74, 6) is 0.310. The number of carboxylic acid groups (broad SMARTS) is 1. The number of nitrogens with one attached hydrogen (secondary N) is 1. The summed E-state index contributed by atoms with van der Waals surface area (Å²) in [6, 6.07) is 1.92. The zero-order valence-corrected chi connectivity index (χ0v) is 10.1. The Morgan fingerprint density at radius 1 is 1.59 bits per heavy atom. The molecule has 1 unspecified atom stereocenters. The second-order valence-corrected chi connectivity index (χ2v) is 4.78. The molecule has 0 saturated heterocycles. The fourth-order valence-corrected chi connectivity index (χ4v) is 2.55. The molecule has 1 fully saturated rings. The number of furan rings is 1. The van der Waals surface area contributed by atoms with Crippen LogP contribution in [0.5, 0.6) is 0 Å². The Balaban J connectivity index is 1.88. The van der Waals surface area contributed by atoms with Crippen molar-refractivity contribution in [2.45, 2.75) is 45.2 Å². The van der Waals surface area contributed by atoms with Gasteiger partial charge in [-0.1, -0.05) is 12.8 Å². The molecule has 1 aliphatic rings. The highest BCUT2D eigenvalue weighted by Gasteiger charge is 2.22. The molecule has 0 amide bonds. The van der Waals surface area contributed by atoms with Crippen LogP contribution in [0, 0.1) is 5.92 Å². The summed E-state index contributed by atoms with van der Waals surface area (Å²) < 4.78 is 5.20. The maximum absolute atomic E-state index is 10.9. The SMILES string of the molecule is CC(NCc1occc1C(=O)O)C1CCCC1. The fourth-order valence-electron chi connectivity index (χ4n) is 2.55. The van der Waals surface area contributed by atoms with Gasteiger partial charge in [-0.15, -0.1) is 0 Å². The maximum Gasteiger partial charge on any atom is 0.339 e. The number of carbonyl (C=O) groups is 1. The van der Waals surface area contributed by atoms with Crippen molar-refractivity contribution in [3.63, 3.8) is 0 Å². The van der Waals surface area contributed by atoms with Gasteiger partial charge in [-0.3, -0.25) is 0 Å². The number of rotatable bonds is 5. The monoisotopic (exact) mass is 237 g/mol. The van der Waals surface area contributed by atoms with Crippen LogP contribution in [0.4, 0.5) is 0 Å². The van der Waals surface area contributed by atoms with Gasteiger partial charge in [0.15, 0.2) is 0 Å². The fraction of sp³-hybridized carbons (Fsp3) is 0.615. The Morgan fingerprint density at radius 2 is 2.29 bits per heavy atom. The van der Waals surface area contributed by atoms with Crippen LogP contribution in [0.2, 0.25) is 0 Å². The van der Waals surface area contributed by atoms with E-state index in [0.29, 0.717) is 18.3 Å². The molecule has 2 rings (SSSR count). The highest BCUT2D eigenvalue weighted by Crippen LogP contribution is 2.27. The molecule has 94 valence electrons. The van der Waals surface area contributed by atoms with Crippen molar-refractivity contribution in [1.82, 2.24) is 5.32 Å². The summed E-state index contributed by atoms with van der Waals surface area (Å²) in [6.45, 7) is 2.66. The van der Waals surface area contributed by atoms with Gasteiger partial charge in [-0.05, 0) is 31.7 Å². The highest BCUT2D eigenvalue weighted by atomic mass is 16.4. The zero-order valence-electron chi connectivity index (χ0n) is 10.1. The van der Waals surface area contributed by atoms with Crippen LogP contribution in [0.3, 0.4) is 0 Å². The Morgan fingerprint density at radius 3 is 2.94 bits per heavy atom. The van der Waals surface area contributed by atoms with Gasteiger partial charge in [0.05, 0.1) is 12.8 Å². The van der Waals surface area contributed by atoms with Gasteiger partial charge < -0.3 is 14.8 Å². The van der Waals surface area contributed by atoms with Crippen LogP contribution in [0.1, 0.15) is 48.7 Å². The Labute approximate surface area is 101 Å². The summed E-state index contributed by atoms with van der Waals surface area (Å²) in [4.78, 5) is 10.9. The predicted octanol–water partition coefficient (Wildman–Crippen LogP) is 2.65. The van der Waals surface area contributed by atoms with E-state index in [9.17, 15) is 4.79 Å². The van der Waals surface area contributed by atoms with Crippen LogP contribution < -0.4 is 5.32 Å². The molecular weight excluding hydrogens is 218 g/mol. The van der Waals surface area contributed by atoms with Crippen molar-refractivity contribution < 1.29 is 14.3 Å². The third-order valence-electron chi connectivity index (χ3n) is 3.67. The molecule has 0 spiro atoms. The summed E-state index contributed by atoms with van der Waals surface area (Å²) in [5, 5.41) is 12.3. The molecule has 0 aliphatic heterocycles. The van der Waals surface area contributed by atoms with Crippen molar-refractivity contribution in [2.24, 2.45) is 5.92 Å². The van der Waals surface area contributed by atoms with Gasteiger partial charge >= 0.3 is 5.97 Å². The third kappa shape index (κ3) is 2.88. The standard InChI is InChI=1S/C13H19NO3/c1-9(10-4-2-3-5-10)14-8-12-11(13(15)16)6-7-17-12/h6-7,9-10,14H,2-5,8H2,1H3,(H,15,16). The van der Waals surface area contributed by atoms with Gasteiger partial charge in [-0.25, -0.2) is 4.79 Å². The van der Waals surface area contributed by atoms with E-state index < -0.39 is 5.97 Å². The largest absolute Gasteiger partial charge is 0.478 e. The number of hydrogen-bond acceptors (Lipinski definition) is 3. The Kier molecular flexibility index (Phi) is 3.84. The first kappa shape index (κ1) is 12.2. The van der Waals surface area contributed by atoms with E-state index in [4.69, 9.17) is 9.52 Å². The summed E-state index contributed by atoms with van der Waals surface area (Å²) in [6.07, 6.45) is 6.62. The van der Waals surface area contributed by atoms with Crippen LogP contribution in [-0.4, -0.2) is 17.1 Å². The summed E-state index contributed by atoms with van der Waals surface area (Å²) >= 11 is 0. The van der Waals surface area contributed by atoms with Gasteiger partial charge in [0.25, 0.3) is 0 Å². The van der Waals surface area contributed by atoms with E-state index in [1.807, 2.05) is 0 Å². The van der Waals surface area contributed by atoms with E-state index in [1.54, 1.807) is 0 Å². The van der Waals surface area contributed by atoms with E-state index >= 15 is 0 Å². The lowest BCUT2D eigenvalue weighted by Gasteiger charge is -2.19. The van der Waals surface area contributed by atoms with E-state index in [1.165, 1.54) is 38.0 Å². The van der Waals surface area contributed by atoms with Gasteiger partial charge in [-0.2, -0.15) is 0 Å². The minimum absolute atomic E-state index is 0.260. The lowest BCUT2D eigenvalue weighted by molar-refractivity contribution is 0.0694. The van der Waals surface area contributed by atoms with E-state index in [2.05, 4.69) is 12.2 Å². The lowest BCUT2D eigenvalue weighted by atomic mass is 10.00. The molecule has 1 heterocycles. The molecule has 1 atom stereocenters. The van der Waals surface area contributed by atoms with Crippen molar-refractivity contribution in [2.75, 3.05) is 0 Å². The van der Waals surface area contributed by atoms with Crippen molar-refractivity contribution >= 4 is 5.97 Å². The zero-order chi connectivity index (χ0) is 12.3. The van der Waals surface area contributed by atoms with Gasteiger partial charge in [0, 0.05) is 6.04 Å². The third-order valence-corrected chi connectivity index (χ3v) is 3.67. The Bertz CT molecular complexity index is 380. The second-order valence-electron chi connectivity index (χ2n) is 4.78. The molecule has 0 aromatic carbocycles. The lowest BCUT2D eigenvalue weighted by Crippen LogP contribution is -2.32. The van der Waals surface area contributed by atoms with Crippen LogP contribution in [-0.2, 0) is 6.54 Å². The quantitative estimate of drug-likeness (QED) is 0.826. The average molecular weight is 237 g/mol. The molecule has 4 heteroatoms. The van der Waals surface area contributed by atoms with Crippen LogP contribution in [0.25, 0.3) is 0 Å². The van der Waals surface area contributed by atoms with Gasteiger partial charge in [0.2, 0.25) is 0 Å². The minimum atomic E-state index is -0.927. The minimum Gasteiger partial charge on any atom is -0.478 e. The summed E-state index contributed by atoms with van der Waals surface area (Å²) in [5.41, 5.74) is 0.260. The van der Waals surface area contributed by atoms with E-state index in [-0.39, 0.29) is 5.56 Å². The molecule has 0 radical (unpaired) electrons. The van der Waals surface area contributed by atoms with Crippen molar-refractivity contribution in [3.8, 4) is 0 Å². The molecule has 0 bridgehead atoms. The average Bonchev–Trinajstić information content (AvgIpc) is 2.96. The maximum atomic E-state index is 10.9. The predicted molar refractivity (Wildman–Crippen MR) is 63.9 cm³/mol. The molecule has 1 aliphatic carbocycles. The molecule has 1 saturated carbocycles. The molecule has 4 nitrogen and oxygen atoms in total. The Hall–Kier alpha value is -1.29. The normalized spacial score (nSPS) is 18.4. The molecule has 1 aromatic heterocycles. The molecule has 2 N–H and O–H groups in total. The number of carboxylic acids is 1. The first-order valence-electron chi connectivity index (χ1n) is 6.21. The van der Waals surface area contributed by atoms with Gasteiger partial charge in [0.1, 0.15) is 11.3 Å². The number of hydrogen-bond donors (Lipinski definition) is 2. The molecule has 17 heavy (non-hydrogen) atoms. The van der Waals surface area contributed by atoms with Crippen LogP contribution >= 0.6 is 0 Å². The highest BCUT2D eigenvalue weighted by molar-refractivity contribution is 5.88. The first-order chi connectivity index (χ1) is 8.18. The van der Waals surface area contributed by atoms with E-state index in [0.717, 1.165) is 5.92 Å². The van der Waals surface area contributed by atoms with Crippen molar-refractivity contribution in [1.29, 1.82) is 0 Å². The topological polar surface area (TPSA) is 62.5 Å². The summed E-state index contributed by atoms with van der Waals surface area (Å²) in [7, 11) is 0. The molecule has 1 aromatic rings. The first-order valence-corrected chi connectivity index (χ1v) is 6.21. The van der Waals surface area contributed by atoms with Crippen molar-refractivity contribution in [3.05, 3.63) is 23.7 Å². The smallest absolute Gasteiger partial charge is 0.339 e. The second kappa shape index (κ2) is 5.36.